The molecule has 2 N–H and O–H groups in total. The minimum atomic E-state index is -0.0990. The second kappa shape index (κ2) is 3.21. The summed E-state index contributed by atoms with van der Waals surface area (Å²) in [5.41, 5.74) is 0.659. The van der Waals surface area contributed by atoms with Crippen molar-refractivity contribution in [2.24, 2.45) is 0 Å². The van der Waals surface area contributed by atoms with E-state index < -0.39 is 0 Å². The quantitative estimate of drug-likeness (QED) is 0.635. The topological polar surface area (TPSA) is 40.5 Å². The first-order valence-electron chi connectivity index (χ1n) is 3.76. The van der Waals surface area contributed by atoms with Gasteiger partial charge in [0.15, 0.2) is 0 Å². The Labute approximate surface area is 84.9 Å². The second-order valence-electron chi connectivity index (χ2n) is 2.73. The lowest BCUT2D eigenvalue weighted by Gasteiger charge is -2.04. The lowest BCUT2D eigenvalue weighted by molar-refractivity contribution is 0.278. The molecule has 68 valence electrons. The molecule has 0 saturated heterocycles. The molecule has 0 aliphatic heterocycles. The summed E-state index contributed by atoms with van der Waals surface area (Å²) in [5, 5.41) is 21.5. The molecule has 4 heteroatoms. The van der Waals surface area contributed by atoms with Gasteiger partial charge in [0.1, 0.15) is 5.75 Å². The molecule has 2 nitrogen and oxygen atoms in total. The van der Waals surface area contributed by atoms with Gasteiger partial charge in [-0.2, -0.15) is 0 Å². The largest absolute Gasteiger partial charge is 0.505 e. The Morgan fingerprint density at radius 1 is 1.46 bits per heavy atom. The van der Waals surface area contributed by atoms with E-state index in [1.807, 2.05) is 17.5 Å². The highest BCUT2D eigenvalue weighted by Crippen LogP contribution is 2.37. The fraction of sp³-hybridized carbons (Fsp3) is 0.111. The molecule has 2 rings (SSSR count). The predicted octanol–water partition coefficient (Wildman–Crippen LogP) is 2.39. The molecule has 1 heterocycles. The van der Waals surface area contributed by atoms with E-state index in [4.69, 9.17) is 5.11 Å². The highest BCUT2D eigenvalue weighted by atomic mass is 32.1. The van der Waals surface area contributed by atoms with Crippen LogP contribution in [0, 0.1) is 0 Å². The van der Waals surface area contributed by atoms with Crippen molar-refractivity contribution in [3.8, 4) is 5.75 Å². The zero-order valence-corrected chi connectivity index (χ0v) is 8.40. The van der Waals surface area contributed by atoms with E-state index in [2.05, 4.69) is 12.6 Å². The van der Waals surface area contributed by atoms with Gasteiger partial charge < -0.3 is 10.2 Å². The zero-order valence-electron chi connectivity index (χ0n) is 6.69. The van der Waals surface area contributed by atoms with E-state index in [1.165, 1.54) is 11.3 Å². The minimum absolute atomic E-state index is 0.0990. The van der Waals surface area contributed by atoms with Crippen LogP contribution in [0.1, 0.15) is 5.56 Å². The summed E-state index contributed by atoms with van der Waals surface area (Å²) in [6.45, 7) is -0.0990. The second-order valence-corrected chi connectivity index (χ2v) is 4.09. The predicted molar refractivity (Wildman–Crippen MR) is 56.7 cm³/mol. The summed E-state index contributed by atoms with van der Waals surface area (Å²) < 4.78 is 0.821. The SMILES string of the molecule is OCc1cc2ccsc2c(O)c1S. The number of aromatic hydroxyl groups is 1. The summed E-state index contributed by atoms with van der Waals surface area (Å²) in [5.74, 6) is 0.167. The molecular formula is C9H8O2S2. The average Bonchev–Trinajstić information content (AvgIpc) is 2.59. The summed E-state index contributed by atoms with van der Waals surface area (Å²) in [4.78, 5) is 0.470. The van der Waals surface area contributed by atoms with Gasteiger partial charge in [-0.3, -0.25) is 0 Å². The maximum Gasteiger partial charge on any atom is 0.147 e. The van der Waals surface area contributed by atoms with E-state index in [0.717, 1.165) is 10.1 Å². The summed E-state index contributed by atoms with van der Waals surface area (Å²) in [7, 11) is 0. The van der Waals surface area contributed by atoms with Crippen molar-refractivity contribution in [2.45, 2.75) is 11.5 Å². The van der Waals surface area contributed by atoms with Gasteiger partial charge in [-0.25, -0.2) is 0 Å². The van der Waals surface area contributed by atoms with Gasteiger partial charge in [0.05, 0.1) is 16.2 Å². The Kier molecular flexibility index (Phi) is 2.19. The molecule has 0 atom stereocenters. The molecule has 0 saturated carbocycles. The molecule has 2 aromatic rings. The van der Waals surface area contributed by atoms with Gasteiger partial charge in [0, 0.05) is 0 Å². The van der Waals surface area contributed by atoms with Crippen LogP contribution in [0.5, 0.6) is 5.75 Å². The Balaban J connectivity index is 2.83. The minimum Gasteiger partial charge on any atom is -0.505 e. The Morgan fingerprint density at radius 3 is 2.92 bits per heavy atom. The fourth-order valence-electron chi connectivity index (χ4n) is 1.26. The number of phenolic OH excluding ortho intramolecular Hbond substituents is 1. The van der Waals surface area contributed by atoms with Gasteiger partial charge in [-0.05, 0) is 28.5 Å². The Hall–Kier alpha value is -0.710. The number of aliphatic hydroxyl groups excluding tert-OH is 1. The monoisotopic (exact) mass is 212 g/mol. The third kappa shape index (κ3) is 1.31. The van der Waals surface area contributed by atoms with Crippen molar-refractivity contribution in [3.63, 3.8) is 0 Å². The highest BCUT2D eigenvalue weighted by Gasteiger charge is 2.09. The number of hydrogen-bond donors (Lipinski definition) is 3. The van der Waals surface area contributed by atoms with Crippen molar-refractivity contribution in [1.82, 2.24) is 0 Å². The molecule has 0 amide bonds. The van der Waals surface area contributed by atoms with E-state index in [9.17, 15) is 5.11 Å². The van der Waals surface area contributed by atoms with Gasteiger partial charge in [0.2, 0.25) is 0 Å². The molecule has 0 unspecified atom stereocenters. The van der Waals surface area contributed by atoms with Gasteiger partial charge in [-0.15, -0.1) is 24.0 Å². The third-order valence-corrected chi connectivity index (χ3v) is 3.38. The molecule has 0 radical (unpaired) electrons. The van der Waals surface area contributed by atoms with Crippen molar-refractivity contribution >= 4 is 34.1 Å². The number of rotatable bonds is 1. The number of thiophene rings is 1. The first-order chi connectivity index (χ1) is 6.24. The first kappa shape index (κ1) is 8.87. The van der Waals surface area contributed by atoms with Crippen molar-refractivity contribution in [1.29, 1.82) is 0 Å². The molecule has 0 spiro atoms. The fourth-order valence-corrected chi connectivity index (χ4v) is 2.41. The number of thiol groups is 1. The van der Waals surface area contributed by atoms with Crippen LogP contribution in [-0.4, -0.2) is 10.2 Å². The number of fused-ring (bicyclic) bond motifs is 1. The maximum atomic E-state index is 9.68. The van der Waals surface area contributed by atoms with Crippen LogP contribution in [-0.2, 0) is 6.61 Å². The molecule has 0 aliphatic carbocycles. The summed E-state index contributed by atoms with van der Waals surface area (Å²) >= 11 is 5.61. The first-order valence-corrected chi connectivity index (χ1v) is 5.08. The van der Waals surface area contributed by atoms with Crippen molar-refractivity contribution in [3.05, 3.63) is 23.1 Å². The Morgan fingerprint density at radius 2 is 2.23 bits per heavy atom. The molecular weight excluding hydrogens is 204 g/mol. The number of benzene rings is 1. The van der Waals surface area contributed by atoms with Crippen LogP contribution in [0.15, 0.2) is 22.4 Å². The summed E-state index contributed by atoms with van der Waals surface area (Å²) in [6.07, 6.45) is 0. The van der Waals surface area contributed by atoms with E-state index >= 15 is 0 Å². The Bertz CT molecular complexity index is 448. The molecule has 0 fully saturated rings. The van der Waals surface area contributed by atoms with E-state index in [0.29, 0.717) is 10.5 Å². The van der Waals surface area contributed by atoms with Crippen LogP contribution in [0.4, 0.5) is 0 Å². The molecule has 0 aliphatic rings. The van der Waals surface area contributed by atoms with Gasteiger partial charge >= 0.3 is 0 Å². The smallest absolute Gasteiger partial charge is 0.147 e. The molecule has 1 aromatic carbocycles. The summed E-state index contributed by atoms with van der Waals surface area (Å²) in [6, 6.07) is 3.75. The number of aliphatic hydroxyl groups is 1. The number of phenols is 1. The van der Waals surface area contributed by atoms with Crippen LogP contribution in [0.25, 0.3) is 10.1 Å². The lowest BCUT2D eigenvalue weighted by Crippen LogP contribution is -1.85. The van der Waals surface area contributed by atoms with E-state index in [1.54, 1.807) is 0 Å². The number of hydrogen-bond acceptors (Lipinski definition) is 4. The van der Waals surface area contributed by atoms with Crippen molar-refractivity contribution in [2.75, 3.05) is 0 Å². The van der Waals surface area contributed by atoms with E-state index in [-0.39, 0.29) is 12.4 Å². The lowest BCUT2D eigenvalue weighted by atomic mass is 10.1. The standard InChI is InChI=1S/C9H8O2S2/c10-4-6-3-5-1-2-13-9(5)7(11)8(6)12/h1-3,10-12H,4H2. The molecule has 1 aromatic heterocycles. The molecule has 0 bridgehead atoms. The normalized spacial score (nSPS) is 10.9. The van der Waals surface area contributed by atoms with Crippen LogP contribution in [0.2, 0.25) is 0 Å². The third-order valence-electron chi connectivity index (χ3n) is 1.94. The highest BCUT2D eigenvalue weighted by molar-refractivity contribution is 7.80. The zero-order chi connectivity index (χ0) is 9.42. The van der Waals surface area contributed by atoms with Crippen LogP contribution >= 0.6 is 24.0 Å². The van der Waals surface area contributed by atoms with Gasteiger partial charge in [0.25, 0.3) is 0 Å². The maximum absolute atomic E-state index is 9.68. The van der Waals surface area contributed by atoms with Crippen LogP contribution < -0.4 is 0 Å². The average molecular weight is 212 g/mol. The van der Waals surface area contributed by atoms with Gasteiger partial charge in [-0.1, -0.05) is 0 Å². The van der Waals surface area contributed by atoms with Crippen LogP contribution in [0.3, 0.4) is 0 Å². The van der Waals surface area contributed by atoms with Crippen molar-refractivity contribution < 1.29 is 10.2 Å². The molecule has 13 heavy (non-hydrogen) atoms.